The molecule has 0 heterocycles. The third kappa shape index (κ3) is 18.0. The summed E-state index contributed by atoms with van der Waals surface area (Å²) < 4.78 is 5.69. The van der Waals surface area contributed by atoms with Gasteiger partial charge in [0.15, 0.2) is 0 Å². The van der Waals surface area contributed by atoms with Crippen LogP contribution in [-0.2, 0) is 4.74 Å². The highest BCUT2D eigenvalue weighted by Crippen LogP contribution is 2.09. The van der Waals surface area contributed by atoms with E-state index in [2.05, 4.69) is 13.8 Å². The molecule has 0 bridgehead atoms. The van der Waals surface area contributed by atoms with E-state index in [1.165, 1.54) is 89.9 Å². The molecule has 0 aromatic carbocycles. The van der Waals surface area contributed by atoms with Gasteiger partial charge in [-0.3, -0.25) is 0 Å². The average molecular weight is 284 g/mol. The molecule has 0 saturated heterocycles. The first-order chi connectivity index (χ1) is 9.91. The molecule has 0 unspecified atom stereocenters. The highest BCUT2D eigenvalue weighted by molar-refractivity contribution is 4.48. The summed E-state index contributed by atoms with van der Waals surface area (Å²) in [6, 6.07) is 0. The molecule has 0 rings (SSSR count). The summed E-state index contributed by atoms with van der Waals surface area (Å²) in [6.45, 7) is 8.11. The first-order valence-electron chi connectivity index (χ1n) is 9.28. The van der Waals surface area contributed by atoms with E-state index < -0.39 is 0 Å². The predicted octanol–water partition coefficient (Wildman–Crippen LogP) is 6.71. The van der Waals surface area contributed by atoms with Crippen LogP contribution in [0.15, 0.2) is 0 Å². The fraction of sp³-hybridized carbons (Fsp3) is 0.947. The third-order valence-electron chi connectivity index (χ3n) is 3.93. The Morgan fingerprint density at radius 1 is 0.550 bits per heavy atom. The molecular formula is C19H39O. The van der Waals surface area contributed by atoms with Crippen LogP contribution in [0, 0.1) is 6.92 Å². The Bertz CT molecular complexity index is 138. The summed E-state index contributed by atoms with van der Waals surface area (Å²) in [5.41, 5.74) is 0. The van der Waals surface area contributed by atoms with Gasteiger partial charge < -0.3 is 4.74 Å². The van der Waals surface area contributed by atoms with Crippen LogP contribution in [0.1, 0.15) is 103 Å². The van der Waals surface area contributed by atoms with E-state index in [-0.39, 0.29) is 0 Å². The van der Waals surface area contributed by atoms with Crippen molar-refractivity contribution in [3.05, 3.63) is 6.92 Å². The molecule has 1 heteroatoms. The van der Waals surface area contributed by atoms with Crippen molar-refractivity contribution in [1.29, 1.82) is 0 Å². The number of hydrogen-bond acceptors (Lipinski definition) is 1. The number of unbranched alkanes of at least 4 members (excludes halogenated alkanes) is 13. The maximum absolute atomic E-state index is 5.69. The Morgan fingerprint density at radius 2 is 0.950 bits per heavy atom. The lowest BCUT2D eigenvalue weighted by atomic mass is 10.1. The maximum atomic E-state index is 5.69. The normalized spacial score (nSPS) is 11.1. The van der Waals surface area contributed by atoms with Crippen molar-refractivity contribution < 1.29 is 4.74 Å². The van der Waals surface area contributed by atoms with E-state index >= 15 is 0 Å². The van der Waals surface area contributed by atoms with E-state index in [1.807, 2.05) is 0 Å². The molecule has 0 aliphatic rings. The van der Waals surface area contributed by atoms with Gasteiger partial charge in [0.05, 0.1) is 0 Å². The fourth-order valence-electron chi connectivity index (χ4n) is 2.53. The second-order valence-corrected chi connectivity index (χ2v) is 6.06. The van der Waals surface area contributed by atoms with E-state index in [1.54, 1.807) is 0 Å². The van der Waals surface area contributed by atoms with Crippen LogP contribution >= 0.6 is 0 Å². The smallest absolute Gasteiger partial charge is 0.0466 e. The van der Waals surface area contributed by atoms with Crippen molar-refractivity contribution in [1.82, 2.24) is 0 Å². The fourth-order valence-corrected chi connectivity index (χ4v) is 2.53. The molecule has 0 fully saturated rings. The van der Waals surface area contributed by atoms with E-state index in [4.69, 9.17) is 4.74 Å². The van der Waals surface area contributed by atoms with E-state index in [0.717, 1.165) is 19.6 Å². The van der Waals surface area contributed by atoms with Gasteiger partial charge >= 0.3 is 0 Å². The van der Waals surface area contributed by atoms with Gasteiger partial charge in [-0.15, -0.1) is 0 Å². The van der Waals surface area contributed by atoms with Crippen molar-refractivity contribution in [2.24, 2.45) is 0 Å². The molecule has 20 heavy (non-hydrogen) atoms. The van der Waals surface area contributed by atoms with Crippen LogP contribution in [0.3, 0.4) is 0 Å². The highest BCUT2D eigenvalue weighted by atomic mass is 16.5. The Hall–Kier alpha value is -0.0400. The molecule has 0 aliphatic heterocycles. The lowest BCUT2D eigenvalue weighted by molar-refractivity contribution is 0.125. The third-order valence-corrected chi connectivity index (χ3v) is 3.93. The van der Waals surface area contributed by atoms with Gasteiger partial charge in [-0.25, -0.2) is 0 Å². The van der Waals surface area contributed by atoms with Crippen molar-refractivity contribution >= 4 is 0 Å². The molecule has 0 atom stereocenters. The average Bonchev–Trinajstić information content (AvgIpc) is 2.47. The molecule has 0 aliphatic carbocycles. The summed E-state index contributed by atoms with van der Waals surface area (Å²) in [6.07, 6.45) is 20.2. The number of hydrogen-bond donors (Lipinski definition) is 0. The first kappa shape index (κ1) is 20.0. The summed E-state index contributed by atoms with van der Waals surface area (Å²) in [4.78, 5) is 0. The van der Waals surface area contributed by atoms with E-state index in [0.29, 0.717) is 0 Å². The molecule has 0 saturated carbocycles. The van der Waals surface area contributed by atoms with Gasteiger partial charge in [-0.05, 0) is 12.8 Å². The highest BCUT2D eigenvalue weighted by Gasteiger charge is 1.94. The van der Waals surface area contributed by atoms with Crippen LogP contribution < -0.4 is 0 Å². The Balaban J connectivity index is 2.89. The minimum atomic E-state index is 0.983. The van der Waals surface area contributed by atoms with Gasteiger partial charge in [0.1, 0.15) is 0 Å². The molecule has 1 radical (unpaired) electrons. The molecule has 0 spiro atoms. The topological polar surface area (TPSA) is 9.23 Å². The van der Waals surface area contributed by atoms with Gasteiger partial charge in [0, 0.05) is 13.2 Å². The minimum Gasteiger partial charge on any atom is -0.381 e. The van der Waals surface area contributed by atoms with Crippen molar-refractivity contribution in [2.45, 2.75) is 103 Å². The van der Waals surface area contributed by atoms with Gasteiger partial charge in [-0.1, -0.05) is 97.3 Å². The molecular weight excluding hydrogens is 244 g/mol. The van der Waals surface area contributed by atoms with Crippen molar-refractivity contribution in [3.63, 3.8) is 0 Å². The Kier molecular flexibility index (Phi) is 18.9. The van der Waals surface area contributed by atoms with E-state index in [9.17, 15) is 0 Å². The number of rotatable bonds is 17. The second kappa shape index (κ2) is 19.0. The molecule has 0 N–H and O–H groups in total. The zero-order valence-corrected chi connectivity index (χ0v) is 14.1. The summed E-state index contributed by atoms with van der Waals surface area (Å²) in [5.74, 6) is 0. The lowest BCUT2D eigenvalue weighted by Gasteiger charge is -2.05. The Morgan fingerprint density at radius 3 is 1.40 bits per heavy atom. The van der Waals surface area contributed by atoms with Gasteiger partial charge in [-0.2, -0.15) is 0 Å². The molecule has 0 aromatic rings. The lowest BCUT2D eigenvalue weighted by Crippen LogP contribution is -1.97. The SMILES string of the molecule is [CH2]CCCCCCCCCCOCCCCCCCC. The van der Waals surface area contributed by atoms with Crippen LogP contribution in [-0.4, -0.2) is 13.2 Å². The zero-order chi connectivity index (χ0) is 14.7. The van der Waals surface area contributed by atoms with Crippen molar-refractivity contribution in [2.75, 3.05) is 13.2 Å². The van der Waals surface area contributed by atoms with Crippen LogP contribution in [0.5, 0.6) is 0 Å². The summed E-state index contributed by atoms with van der Waals surface area (Å²) in [5, 5.41) is 0. The quantitative estimate of drug-likeness (QED) is 0.270. The summed E-state index contributed by atoms with van der Waals surface area (Å²) >= 11 is 0. The van der Waals surface area contributed by atoms with Crippen LogP contribution in [0.25, 0.3) is 0 Å². The maximum Gasteiger partial charge on any atom is 0.0466 e. The Labute approximate surface area is 128 Å². The zero-order valence-electron chi connectivity index (χ0n) is 14.1. The first-order valence-corrected chi connectivity index (χ1v) is 9.28. The standard InChI is InChI=1S/C19H39O/c1-3-5-7-9-11-12-13-15-17-19-20-18-16-14-10-8-6-4-2/h1,3-19H2,2H3. The molecule has 0 amide bonds. The van der Waals surface area contributed by atoms with Crippen molar-refractivity contribution in [3.8, 4) is 0 Å². The summed E-state index contributed by atoms with van der Waals surface area (Å²) in [7, 11) is 0. The molecule has 0 aromatic heterocycles. The molecule has 1 nitrogen and oxygen atoms in total. The van der Waals surface area contributed by atoms with Crippen LogP contribution in [0.2, 0.25) is 0 Å². The minimum absolute atomic E-state index is 0.983. The van der Waals surface area contributed by atoms with Gasteiger partial charge in [0.25, 0.3) is 0 Å². The second-order valence-electron chi connectivity index (χ2n) is 6.06. The molecule has 121 valence electrons. The number of ether oxygens (including phenoxy) is 1. The monoisotopic (exact) mass is 283 g/mol. The predicted molar refractivity (Wildman–Crippen MR) is 91.1 cm³/mol. The van der Waals surface area contributed by atoms with Crippen LogP contribution in [0.4, 0.5) is 0 Å². The largest absolute Gasteiger partial charge is 0.381 e. The van der Waals surface area contributed by atoms with Gasteiger partial charge in [0.2, 0.25) is 0 Å².